The van der Waals surface area contributed by atoms with Crippen LogP contribution in [0.1, 0.15) is 109 Å². The Morgan fingerprint density at radius 1 is 0.804 bits per heavy atom. The fraction of sp³-hybridized carbons (Fsp3) is 0.882. The highest BCUT2D eigenvalue weighted by Crippen LogP contribution is 2.33. The number of nitrogens with two attached hydrogens (primary N) is 1. The summed E-state index contributed by atoms with van der Waals surface area (Å²) in [5.41, 5.74) is 4.39. The van der Waals surface area contributed by atoms with Crippen molar-refractivity contribution in [2.24, 2.45) is 16.6 Å². The van der Waals surface area contributed by atoms with Crippen molar-refractivity contribution >= 4 is 24.2 Å². The Bertz CT molecular complexity index is 967. The number of ether oxygens (including phenoxy) is 2. The number of carbonyl (C=O) groups is 2. The van der Waals surface area contributed by atoms with Crippen molar-refractivity contribution < 1.29 is 38.2 Å². The van der Waals surface area contributed by atoms with Gasteiger partial charge in [0, 0.05) is 44.3 Å². The van der Waals surface area contributed by atoms with Gasteiger partial charge in [-0.15, -0.1) is 0 Å². The van der Waals surface area contributed by atoms with Crippen LogP contribution in [0, 0.1) is 10.8 Å². The standard InChI is InChI=1S/C32H64N4O4.2CO2/c1-28(2,3)22-36(21-27(38)40-31(10,11)12)32(13)23-34(20-26(37)39-30(7,8)9)18-19-35(24-32)25(29(4,5)6)16-14-15-17-33;2*2-1-3/h25H,14-24,33H2,1-13H3;;. The lowest BCUT2D eigenvalue weighted by atomic mass is 9.81. The van der Waals surface area contributed by atoms with E-state index in [1.807, 2.05) is 41.5 Å². The zero-order chi connectivity index (χ0) is 36.6. The van der Waals surface area contributed by atoms with E-state index in [2.05, 4.69) is 63.2 Å². The minimum Gasteiger partial charge on any atom is -0.459 e. The summed E-state index contributed by atoms with van der Waals surface area (Å²) in [6.07, 6.45) is 3.66. The van der Waals surface area contributed by atoms with E-state index in [-0.39, 0.29) is 48.2 Å². The Kier molecular flexibility index (Phi) is 19.9. The zero-order valence-electron chi connectivity index (χ0n) is 31.0. The van der Waals surface area contributed by atoms with Gasteiger partial charge in [-0.25, -0.2) is 0 Å². The summed E-state index contributed by atoms with van der Waals surface area (Å²) in [6.45, 7) is 32.2. The van der Waals surface area contributed by atoms with Gasteiger partial charge in [-0.1, -0.05) is 48.0 Å². The Balaban J connectivity index is 0. The predicted octanol–water partition coefficient (Wildman–Crippen LogP) is 3.77. The average molecular weight is 657 g/mol. The van der Waals surface area contributed by atoms with Crippen LogP contribution in [0.5, 0.6) is 0 Å². The van der Waals surface area contributed by atoms with Gasteiger partial charge in [-0.3, -0.25) is 24.3 Å². The van der Waals surface area contributed by atoms with Gasteiger partial charge in [-0.2, -0.15) is 19.2 Å². The molecule has 1 aliphatic heterocycles. The number of nitrogens with zero attached hydrogens (tertiary/aromatic N) is 3. The Morgan fingerprint density at radius 3 is 1.70 bits per heavy atom. The Morgan fingerprint density at radius 2 is 1.28 bits per heavy atom. The van der Waals surface area contributed by atoms with E-state index in [1.165, 1.54) is 0 Å². The van der Waals surface area contributed by atoms with Crippen molar-refractivity contribution in [2.45, 2.75) is 132 Å². The summed E-state index contributed by atoms with van der Waals surface area (Å²) in [7, 11) is 0. The third-order valence-electron chi connectivity index (χ3n) is 7.12. The molecule has 46 heavy (non-hydrogen) atoms. The van der Waals surface area contributed by atoms with Gasteiger partial charge < -0.3 is 15.2 Å². The lowest BCUT2D eigenvalue weighted by Gasteiger charge is -2.48. The van der Waals surface area contributed by atoms with Gasteiger partial charge in [0.05, 0.1) is 13.1 Å². The van der Waals surface area contributed by atoms with Crippen molar-refractivity contribution in [1.29, 1.82) is 0 Å². The SMILES string of the molecule is CC(C)(C)CN(CC(=O)OC(C)(C)C)C1(C)CN(CC(=O)OC(C)(C)C)CCN(C(CCCCN)C(C)(C)C)C1.O=C=O.O=C=O. The van der Waals surface area contributed by atoms with Crippen molar-refractivity contribution in [3.63, 3.8) is 0 Å². The molecule has 268 valence electrons. The smallest absolute Gasteiger partial charge is 0.373 e. The number of unbranched alkanes of at least 4 members (excludes halogenated alkanes) is 1. The molecule has 0 spiro atoms. The molecule has 0 aromatic rings. The monoisotopic (exact) mass is 656 g/mol. The molecule has 0 saturated carbocycles. The molecule has 0 aromatic heterocycles. The van der Waals surface area contributed by atoms with Gasteiger partial charge in [0.1, 0.15) is 11.2 Å². The molecule has 0 bridgehead atoms. The maximum atomic E-state index is 13.2. The molecule has 2 unspecified atom stereocenters. The molecule has 1 heterocycles. The molecule has 0 aromatic carbocycles. The van der Waals surface area contributed by atoms with Gasteiger partial charge in [0.2, 0.25) is 0 Å². The lowest BCUT2D eigenvalue weighted by Crippen LogP contribution is -2.62. The molecule has 1 rings (SSSR count). The summed E-state index contributed by atoms with van der Waals surface area (Å²) < 4.78 is 11.5. The molecule has 12 nitrogen and oxygen atoms in total. The topological polar surface area (TPSA) is 157 Å². The van der Waals surface area contributed by atoms with Gasteiger partial charge in [-0.05, 0) is 78.7 Å². The lowest BCUT2D eigenvalue weighted by molar-refractivity contribution is -0.193. The molecule has 0 aliphatic carbocycles. The van der Waals surface area contributed by atoms with E-state index in [4.69, 9.17) is 34.4 Å². The second-order valence-corrected chi connectivity index (χ2v) is 16.6. The van der Waals surface area contributed by atoms with Crippen LogP contribution in [0.15, 0.2) is 0 Å². The minimum absolute atomic E-state index is 0.0390. The zero-order valence-corrected chi connectivity index (χ0v) is 31.0. The molecule has 2 N–H and O–H groups in total. The molecule has 2 atom stereocenters. The minimum atomic E-state index is -0.552. The third kappa shape index (κ3) is 21.4. The molecule has 1 saturated heterocycles. The summed E-state index contributed by atoms with van der Waals surface area (Å²) in [4.78, 5) is 65.8. The second-order valence-electron chi connectivity index (χ2n) is 16.6. The van der Waals surface area contributed by atoms with Crippen molar-refractivity contribution in [3.05, 3.63) is 0 Å². The highest BCUT2D eigenvalue weighted by Gasteiger charge is 2.44. The molecule has 1 aliphatic rings. The van der Waals surface area contributed by atoms with Crippen LogP contribution >= 0.6 is 0 Å². The highest BCUT2D eigenvalue weighted by molar-refractivity contribution is 5.72. The Hall–Kier alpha value is -2.46. The summed E-state index contributed by atoms with van der Waals surface area (Å²) in [5.74, 6) is -0.434. The van der Waals surface area contributed by atoms with E-state index >= 15 is 0 Å². The van der Waals surface area contributed by atoms with Crippen LogP contribution in [0.2, 0.25) is 0 Å². The normalized spacial score (nSPS) is 18.8. The van der Waals surface area contributed by atoms with E-state index in [0.717, 1.165) is 45.4 Å². The number of esters is 2. The fourth-order valence-corrected chi connectivity index (χ4v) is 5.74. The van der Waals surface area contributed by atoms with Gasteiger partial charge in [0.25, 0.3) is 0 Å². The molecular weight excluding hydrogens is 592 g/mol. The fourth-order valence-electron chi connectivity index (χ4n) is 5.74. The molecular formula is C34H64N4O8. The van der Waals surface area contributed by atoms with Crippen LogP contribution in [-0.2, 0) is 38.2 Å². The maximum Gasteiger partial charge on any atom is 0.373 e. The third-order valence-corrected chi connectivity index (χ3v) is 7.12. The first-order valence-electron chi connectivity index (χ1n) is 16.1. The molecule has 1 fully saturated rings. The first-order valence-corrected chi connectivity index (χ1v) is 16.1. The predicted molar refractivity (Wildman–Crippen MR) is 175 cm³/mol. The van der Waals surface area contributed by atoms with Crippen LogP contribution in [0.4, 0.5) is 0 Å². The van der Waals surface area contributed by atoms with Crippen LogP contribution in [0.3, 0.4) is 0 Å². The number of rotatable bonds is 11. The molecule has 0 radical (unpaired) electrons. The van der Waals surface area contributed by atoms with Crippen LogP contribution < -0.4 is 5.73 Å². The maximum absolute atomic E-state index is 13.2. The van der Waals surface area contributed by atoms with Crippen molar-refractivity contribution in [3.8, 4) is 0 Å². The first-order chi connectivity index (χ1) is 20.8. The number of hydrogen-bond donors (Lipinski definition) is 1. The van der Waals surface area contributed by atoms with Gasteiger partial charge >= 0.3 is 24.2 Å². The summed E-state index contributed by atoms with van der Waals surface area (Å²) in [5, 5.41) is 0. The first kappa shape index (κ1) is 45.7. The average Bonchev–Trinajstić information content (AvgIpc) is 2.97. The van der Waals surface area contributed by atoms with E-state index in [0.29, 0.717) is 19.1 Å². The van der Waals surface area contributed by atoms with Crippen LogP contribution in [-0.4, -0.2) is 114 Å². The van der Waals surface area contributed by atoms with E-state index < -0.39 is 16.7 Å². The second kappa shape index (κ2) is 20.0. The van der Waals surface area contributed by atoms with Crippen molar-refractivity contribution in [2.75, 3.05) is 52.4 Å². The van der Waals surface area contributed by atoms with Crippen LogP contribution in [0.25, 0.3) is 0 Å². The Labute approximate surface area is 278 Å². The number of hydrogen-bond acceptors (Lipinski definition) is 12. The number of carbonyl (C=O) groups excluding carboxylic acids is 6. The van der Waals surface area contributed by atoms with E-state index in [9.17, 15) is 9.59 Å². The summed E-state index contributed by atoms with van der Waals surface area (Å²) in [6, 6.07) is 0.345. The quantitative estimate of drug-likeness (QED) is 0.254. The largest absolute Gasteiger partial charge is 0.459 e. The highest BCUT2D eigenvalue weighted by atomic mass is 16.6. The summed E-state index contributed by atoms with van der Waals surface area (Å²) >= 11 is 0. The van der Waals surface area contributed by atoms with Gasteiger partial charge in [0.15, 0.2) is 0 Å². The molecule has 0 amide bonds. The molecule has 12 heteroatoms. The van der Waals surface area contributed by atoms with Crippen molar-refractivity contribution in [1.82, 2.24) is 14.7 Å². The van der Waals surface area contributed by atoms with E-state index in [1.54, 1.807) is 0 Å².